The summed E-state index contributed by atoms with van der Waals surface area (Å²) in [7, 11) is 0. The number of hydrogen-bond donors (Lipinski definition) is 0. The molecule has 0 aliphatic rings. The monoisotopic (exact) mass is 240 g/mol. The van der Waals surface area contributed by atoms with Gasteiger partial charge in [-0.3, -0.25) is 9.38 Å². The van der Waals surface area contributed by atoms with E-state index in [-0.39, 0.29) is 5.69 Å². The van der Waals surface area contributed by atoms with Crippen molar-refractivity contribution >= 4 is 5.65 Å². The maximum absolute atomic E-state index is 12.0. The summed E-state index contributed by atoms with van der Waals surface area (Å²) >= 11 is 0. The van der Waals surface area contributed by atoms with Crippen LogP contribution in [0.1, 0.15) is 5.56 Å². The van der Waals surface area contributed by atoms with Crippen molar-refractivity contribution in [2.45, 2.75) is 13.0 Å². The lowest BCUT2D eigenvalue weighted by atomic mass is 10.2. The van der Waals surface area contributed by atoms with Gasteiger partial charge in [-0.1, -0.05) is 6.07 Å². The predicted octanol–water partition coefficient (Wildman–Crippen LogP) is 1.13. The van der Waals surface area contributed by atoms with Crippen molar-refractivity contribution in [2.24, 2.45) is 0 Å². The van der Waals surface area contributed by atoms with Gasteiger partial charge in [-0.05, 0) is 36.2 Å². The summed E-state index contributed by atoms with van der Waals surface area (Å²) in [6, 6.07) is 9.41. The van der Waals surface area contributed by atoms with E-state index in [4.69, 9.17) is 0 Å². The van der Waals surface area contributed by atoms with Gasteiger partial charge in [-0.2, -0.15) is 0 Å². The average molecular weight is 240 g/mol. The van der Waals surface area contributed by atoms with Gasteiger partial charge in [0, 0.05) is 18.6 Å². The fourth-order valence-corrected chi connectivity index (χ4v) is 1.90. The third-order valence-corrected chi connectivity index (χ3v) is 2.85. The van der Waals surface area contributed by atoms with E-state index in [2.05, 4.69) is 10.1 Å². The fraction of sp³-hybridized carbons (Fsp3) is 0.154. The highest BCUT2D eigenvalue weighted by Gasteiger charge is 2.05. The van der Waals surface area contributed by atoms with Crippen LogP contribution in [0.15, 0.2) is 53.7 Å². The SMILES string of the molecule is O=c1n(CCc2ccncc2)nc2ccccn12. The Morgan fingerprint density at radius 3 is 2.72 bits per heavy atom. The Bertz CT molecular complexity index is 714. The molecule has 5 heteroatoms. The standard InChI is InChI=1S/C13H12N4O/c18-13-16-9-2-1-3-12(16)15-17(13)10-6-11-4-7-14-8-5-11/h1-5,7-9H,6,10H2. The maximum atomic E-state index is 12.0. The normalized spacial score (nSPS) is 10.9. The van der Waals surface area contributed by atoms with E-state index in [9.17, 15) is 4.79 Å². The van der Waals surface area contributed by atoms with Gasteiger partial charge in [-0.15, -0.1) is 5.10 Å². The van der Waals surface area contributed by atoms with Crippen LogP contribution in [0.3, 0.4) is 0 Å². The minimum absolute atomic E-state index is 0.0975. The molecule has 3 rings (SSSR count). The van der Waals surface area contributed by atoms with Crippen LogP contribution in [0.5, 0.6) is 0 Å². The summed E-state index contributed by atoms with van der Waals surface area (Å²) in [5.74, 6) is 0. The van der Waals surface area contributed by atoms with Crippen LogP contribution in [-0.4, -0.2) is 19.2 Å². The first-order valence-electron chi connectivity index (χ1n) is 5.78. The van der Waals surface area contributed by atoms with Gasteiger partial charge in [0.1, 0.15) is 0 Å². The molecule has 0 aromatic carbocycles. The van der Waals surface area contributed by atoms with Crippen molar-refractivity contribution in [3.63, 3.8) is 0 Å². The van der Waals surface area contributed by atoms with Gasteiger partial charge in [0.05, 0.1) is 6.54 Å². The number of hydrogen-bond acceptors (Lipinski definition) is 3. The number of aromatic nitrogens is 4. The third-order valence-electron chi connectivity index (χ3n) is 2.85. The average Bonchev–Trinajstić information content (AvgIpc) is 2.75. The maximum Gasteiger partial charge on any atom is 0.350 e. The van der Waals surface area contributed by atoms with Crippen molar-refractivity contribution in [1.29, 1.82) is 0 Å². The van der Waals surface area contributed by atoms with Crippen molar-refractivity contribution in [1.82, 2.24) is 19.2 Å². The largest absolute Gasteiger partial charge is 0.350 e. The van der Waals surface area contributed by atoms with Gasteiger partial charge in [-0.25, -0.2) is 9.48 Å². The second-order valence-corrected chi connectivity index (χ2v) is 4.04. The van der Waals surface area contributed by atoms with E-state index in [0.717, 1.165) is 12.0 Å². The molecule has 0 saturated carbocycles. The lowest BCUT2D eigenvalue weighted by Gasteiger charge is -1.99. The van der Waals surface area contributed by atoms with Crippen molar-refractivity contribution in [3.05, 3.63) is 65.0 Å². The molecule has 90 valence electrons. The summed E-state index contributed by atoms with van der Waals surface area (Å²) in [5.41, 5.74) is 1.73. The predicted molar refractivity (Wildman–Crippen MR) is 67.4 cm³/mol. The van der Waals surface area contributed by atoms with E-state index in [1.165, 1.54) is 4.68 Å². The highest BCUT2D eigenvalue weighted by molar-refractivity contribution is 5.35. The lowest BCUT2D eigenvalue weighted by molar-refractivity contribution is 0.592. The molecule has 0 unspecified atom stereocenters. The molecule has 0 aliphatic heterocycles. The lowest BCUT2D eigenvalue weighted by Crippen LogP contribution is -2.21. The molecule has 3 heterocycles. The molecule has 0 radical (unpaired) electrons. The van der Waals surface area contributed by atoms with E-state index in [1.807, 2.05) is 30.3 Å². The second-order valence-electron chi connectivity index (χ2n) is 4.04. The summed E-state index contributed by atoms with van der Waals surface area (Å²) in [6.45, 7) is 0.574. The quantitative estimate of drug-likeness (QED) is 0.689. The van der Waals surface area contributed by atoms with E-state index in [1.54, 1.807) is 23.0 Å². The van der Waals surface area contributed by atoms with Crippen LogP contribution in [0.25, 0.3) is 5.65 Å². The van der Waals surface area contributed by atoms with Crippen molar-refractivity contribution in [3.8, 4) is 0 Å². The highest BCUT2D eigenvalue weighted by Crippen LogP contribution is 2.00. The number of aryl methyl sites for hydroxylation is 2. The molecule has 0 bridgehead atoms. The molecule has 3 aromatic rings. The molecule has 0 spiro atoms. The van der Waals surface area contributed by atoms with Crippen LogP contribution in [-0.2, 0) is 13.0 Å². The molecule has 0 amide bonds. The Hall–Kier alpha value is -2.43. The first-order chi connectivity index (χ1) is 8.84. The summed E-state index contributed by atoms with van der Waals surface area (Å²) in [4.78, 5) is 16.0. The van der Waals surface area contributed by atoms with E-state index in [0.29, 0.717) is 12.2 Å². The zero-order chi connectivity index (χ0) is 12.4. The Morgan fingerprint density at radius 1 is 1.11 bits per heavy atom. The van der Waals surface area contributed by atoms with Gasteiger partial charge < -0.3 is 0 Å². The molecule has 3 aromatic heterocycles. The molecule has 0 N–H and O–H groups in total. The van der Waals surface area contributed by atoms with Crippen LogP contribution >= 0.6 is 0 Å². The van der Waals surface area contributed by atoms with Gasteiger partial charge in [0.2, 0.25) is 0 Å². The Balaban J connectivity index is 1.87. The van der Waals surface area contributed by atoms with E-state index >= 15 is 0 Å². The number of nitrogens with zero attached hydrogens (tertiary/aromatic N) is 4. The zero-order valence-electron chi connectivity index (χ0n) is 9.73. The van der Waals surface area contributed by atoms with Crippen LogP contribution < -0.4 is 5.69 Å². The minimum Gasteiger partial charge on any atom is -0.265 e. The van der Waals surface area contributed by atoms with Crippen LogP contribution in [0.2, 0.25) is 0 Å². The van der Waals surface area contributed by atoms with Crippen molar-refractivity contribution in [2.75, 3.05) is 0 Å². The Morgan fingerprint density at radius 2 is 1.94 bits per heavy atom. The van der Waals surface area contributed by atoms with E-state index < -0.39 is 0 Å². The molecular weight excluding hydrogens is 228 g/mol. The van der Waals surface area contributed by atoms with Gasteiger partial charge in [0.25, 0.3) is 0 Å². The Labute approximate surface area is 103 Å². The molecule has 0 fully saturated rings. The molecule has 18 heavy (non-hydrogen) atoms. The molecule has 0 saturated heterocycles. The Kier molecular flexibility index (Phi) is 2.64. The zero-order valence-corrected chi connectivity index (χ0v) is 9.73. The molecule has 5 nitrogen and oxygen atoms in total. The van der Waals surface area contributed by atoms with Gasteiger partial charge >= 0.3 is 5.69 Å². The molecule has 0 atom stereocenters. The van der Waals surface area contributed by atoms with Crippen LogP contribution in [0.4, 0.5) is 0 Å². The first-order valence-corrected chi connectivity index (χ1v) is 5.78. The number of pyridine rings is 2. The number of rotatable bonds is 3. The molecular formula is C13H12N4O. The van der Waals surface area contributed by atoms with Crippen molar-refractivity contribution < 1.29 is 0 Å². The fourth-order valence-electron chi connectivity index (χ4n) is 1.90. The summed E-state index contributed by atoms with van der Waals surface area (Å²) in [5, 5.41) is 4.28. The second kappa shape index (κ2) is 4.44. The van der Waals surface area contributed by atoms with Crippen LogP contribution in [0, 0.1) is 0 Å². The number of fused-ring (bicyclic) bond motifs is 1. The minimum atomic E-state index is -0.0975. The summed E-state index contributed by atoms with van der Waals surface area (Å²) < 4.78 is 3.04. The van der Waals surface area contributed by atoms with Gasteiger partial charge in [0.15, 0.2) is 5.65 Å². The highest BCUT2D eigenvalue weighted by atomic mass is 16.2. The topological polar surface area (TPSA) is 52.2 Å². The summed E-state index contributed by atoms with van der Waals surface area (Å²) in [6.07, 6.45) is 6.00. The third kappa shape index (κ3) is 1.90. The smallest absolute Gasteiger partial charge is 0.265 e. The molecule has 0 aliphatic carbocycles. The first kappa shape index (κ1) is 10.7.